The largest absolute Gasteiger partial charge is 0.480 e. The van der Waals surface area contributed by atoms with Crippen molar-refractivity contribution in [1.29, 1.82) is 0 Å². The summed E-state index contributed by atoms with van der Waals surface area (Å²) in [6, 6.07) is 11.1. The average molecular weight is 671 g/mol. The van der Waals surface area contributed by atoms with E-state index in [0.717, 1.165) is 0 Å². The number of benzene rings is 2. The number of aryl methyl sites for hydroxylation is 1. The number of primary amides is 2. The fraction of sp³-hybridized carbons (Fsp3) is 0.290. The van der Waals surface area contributed by atoms with Gasteiger partial charge in [-0.2, -0.15) is 0 Å². The molecule has 4 aromatic rings. The van der Waals surface area contributed by atoms with Crippen LogP contribution < -0.4 is 26.3 Å². The molecule has 0 aliphatic rings. The highest BCUT2D eigenvalue weighted by atomic mass is 35.5. The molecule has 13 nitrogen and oxygen atoms in total. The van der Waals surface area contributed by atoms with E-state index < -0.39 is 12.2 Å². The molecule has 2 heterocycles. The molecule has 0 radical (unpaired) electrons. The summed E-state index contributed by atoms with van der Waals surface area (Å²) in [5.41, 5.74) is 14.9. The lowest BCUT2D eigenvalue weighted by Crippen LogP contribution is -2.24. The molecule has 242 valence electrons. The maximum atomic E-state index is 10.8. The second kappa shape index (κ2) is 16.5. The van der Waals surface area contributed by atoms with Crippen molar-refractivity contribution in [1.82, 2.24) is 25.3 Å². The number of nitrogens with two attached hydrogens (primary N) is 2. The molecule has 2 aromatic carbocycles. The highest BCUT2D eigenvalue weighted by Gasteiger charge is 2.19. The maximum absolute atomic E-state index is 10.8. The van der Waals surface area contributed by atoms with Gasteiger partial charge < -0.3 is 35.7 Å². The molecule has 0 aliphatic carbocycles. The van der Waals surface area contributed by atoms with E-state index in [0.29, 0.717) is 99.2 Å². The molecule has 5 N–H and O–H groups in total. The van der Waals surface area contributed by atoms with E-state index in [2.05, 4.69) is 25.3 Å². The van der Waals surface area contributed by atoms with Gasteiger partial charge in [-0.3, -0.25) is 9.97 Å². The van der Waals surface area contributed by atoms with Gasteiger partial charge in [0.1, 0.15) is 18.0 Å². The standard InChI is InChI=1S/C31H33Cl2N7O6/c1-43-28-22(11-3-4-13-45-30(34)41)37-16-23(39-28)20-9-5-7-18(26(20)32)19-8-6-10-21(27(19)33)24-17-38-25(29(40-24)44-2)15-36-12-14-46-31(35)42/h5-10,16-17,36H,3-4,11-15H2,1-2H3,(H2,34,41)(H2,35,42). The first-order valence-corrected chi connectivity index (χ1v) is 14.9. The number of ether oxygens (including phenoxy) is 4. The van der Waals surface area contributed by atoms with Gasteiger partial charge >= 0.3 is 12.2 Å². The molecular weight excluding hydrogens is 637 g/mol. The van der Waals surface area contributed by atoms with Crippen molar-refractivity contribution in [2.24, 2.45) is 11.5 Å². The Bertz CT molecular complexity index is 1570. The number of nitrogens with one attached hydrogen (secondary N) is 1. The molecule has 0 spiro atoms. The third-order valence-electron chi connectivity index (χ3n) is 6.72. The van der Waals surface area contributed by atoms with Crippen molar-refractivity contribution in [2.45, 2.75) is 25.8 Å². The fourth-order valence-corrected chi connectivity index (χ4v) is 5.20. The van der Waals surface area contributed by atoms with E-state index in [1.54, 1.807) is 12.4 Å². The van der Waals surface area contributed by atoms with Crippen LogP contribution in [0.15, 0.2) is 48.8 Å². The summed E-state index contributed by atoms with van der Waals surface area (Å²) in [6.45, 7) is 1.06. The first-order valence-electron chi connectivity index (χ1n) is 14.2. The zero-order chi connectivity index (χ0) is 33.1. The molecule has 0 unspecified atom stereocenters. The molecule has 46 heavy (non-hydrogen) atoms. The number of methoxy groups -OCH3 is 2. The zero-order valence-electron chi connectivity index (χ0n) is 25.2. The van der Waals surface area contributed by atoms with Gasteiger partial charge in [0, 0.05) is 35.3 Å². The summed E-state index contributed by atoms with van der Waals surface area (Å²) in [4.78, 5) is 39.9. The third-order valence-corrected chi connectivity index (χ3v) is 7.53. The Hall–Kier alpha value is -4.72. The van der Waals surface area contributed by atoms with Gasteiger partial charge in [-0.15, -0.1) is 0 Å². The van der Waals surface area contributed by atoms with Crippen LogP contribution in [0.4, 0.5) is 9.59 Å². The van der Waals surface area contributed by atoms with Gasteiger partial charge in [0.05, 0.1) is 54.7 Å². The molecule has 2 aromatic heterocycles. The minimum absolute atomic E-state index is 0.123. The molecule has 15 heteroatoms. The number of unbranched alkanes of at least 4 members (excludes halogenated alkanes) is 1. The number of hydrogen-bond donors (Lipinski definition) is 3. The minimum atomic E-state index is -0.836. The van der Waals surface area contributed by atoms with Gasteiger partial charge in [-0.25, -0.2) is 19.6 Å². The van der Waals surface area contributed by atoms with Gasteiger partial charge in [0.2, 0.25) is 11.8 Å². The Balaban J connectivity index is 1.57. The van der Waals surface area contributed by atoms with Gasteiger partial charge in [-0.05, 0) is 19.3 Å². The minimum Gasteiger partial charge on any atom is -0.480 e. The topological polar surface area (TPSA) is 187 Å². The lowest BCUT2D eigenvalue weighted by atomic mass is 9.98. The quantitative estimate of drug-likeness (QED) is 0.141. The highest BCUT2D eigenvalue weighted by molar-refractivity contribution is 6.39. The lowest BCUT2D eigenvalue weighted by Gasteiger charge is -2.15. The second-order valence-corrected chi connectivity index (χ2v) is 10.5. The Labute approximate surface area is 275 Å². The molecule has 0 atom stereocenters. The van der Waals surface area contributed by atoms with Crippen LogP contribution in [-0.2, 0) is 22.4 Å². The first kappa shape index (κ1) is 34.2. The number of amides is 2. The molecule has 0 saturated carbocycles. The number of aromatic nitrogens is 4. The molecule has 0 fully saturated rings. The van der Waals surface area contributed by atoms with Crippen LogP contribution in [0.3, 0.4) is 0 Å². The van der Waals surface area contributed by atoms with Crippen LogP contribution in [0.25, 0.3) is 33.6 Å². The van der Waals surface area contributed by atoms with Crippen molar-refractivity contribution in [2.75, 3.05) is 34.0 Å². The fourth-order valence-electron chi connectivity index (χ4n) is 4.55. The van der Waals surface area contributed by atoms with Crippen LogP contribution >= 0.6 is 23.2 Å². The number of halogens is 2. The molecule has 0 saturated heterocycles. The SMILES string of the molecule is COc1nc(-c2cccc(-c3cccc(-c4cnc(CNCCOC(N)=O)c(OC)n4)c3Cl)c2Cl)cnc1CCCCOC(N)=O. The normalized spacial score (nSPS) is 10.8. The summed E-state index contributed by atoms with van der Waals surface area (Å²) >= 11 is 13.9. The maximum Gasteiger partial charge on any atom is 0.404 e. The Morgan fingerprint density at radius 2 is 1.24 bits per heavy atom. The van der Waals surface area contributed by atoms with E-state index in [1.165, 1.54) is 14.2 Å². The predicted octanol–water partition coefficient (Wildman–Crippen LogP) is 5.19. The molecule has 0 aliphatic heterocycles. The monoisotopic (exact) mass is 669 g/mol. The smallest absolute Gasteiger partial charge is 0.404 e. The summed E-state index contributed by atoms with van der Waals surface area (Å²) < 4.78 is 20.5. The summed E-state index contributed by atoms with van der Waals surface area (Å²) in [5.74, 6) is 0.692. The van der Waals surface area contributed by atoms with Crippen molar-refractivity contribution >= 4 is 35.4 Å². The van der Waals surface area contributed by atoms with E-state index in [4.69, 9.17) is 53.6 Å². The van der Waals surface area contributed by atoms with E-state index >= 15 is 0 Å². The number of carbonyl (C=O) groups excluding carboxylic acids is 2. The summed E-state index contributed by atoms with van der Waals surface area (Å²) in [6.07, 6.45) is 3.52. The number of rotatable bonds is 15. The average Bonchev–Trinajstić information content (AvgIpc) is 3.04. The number of carbonyl (C=O) groups is 2. The van der Waals surface area contributed by atoms with Gasteiger partial charge in [0.25, 0.3) is 0 Å². The Morgan fingerprint density at radius 1 is 0.739 bits per heavy atom. The summed E-state index contributed by atoms with van der Waals surface area (Å²) in [7, 11) is 3.03. The summed E-state index contributed by atoms with van der Waals surface area (Å²) in [5, 5.41) is 3.95. The van der Waals surface area contributed by atoms with Crippen LogP contribution in [0.5, 0.6) is 11.8 Å². The number of nitrogens with zero attached hydrogens (tertiary/aromatic N) is 4. The van der Waals surface area contributed by atoms with Crippen LogP contribution in [0, 0.1) is 0 Å². The second-order valence-electron chi connectivity index (χ2n) is 9.73. The van der Waals surface area contributed by atoms with Gasteiger partial charge in [0.15, 0.2) is 0 Å². The highest BCUT2D eigenvalue weighted by Crippen LogP contribution is 2.42. The van der Waals surface area contributed by atoms with Crippen LogP contribution in [-0.4, -0.2) is 66.1 Å². The van der Waals surface area contributed by atoms with Crippen molar-refractivity contribution in [3.63, 3.8) is 0 Å². The predicted molar refractivity (Wildman–Crippen MR) is 173 cm³/mol. The molecule has 0 bridgehead atoms. The first-order chi connectivity index (χ1) is 22.2. The van der Waals surface area contributed by atoms with E-state index in [-0.39, 0.29) is 13.2 Å². The van der Waals surface area contributed by atoms with Crippen LogP contribution in [0.1, 0.15) is 24.2 Å². The van der Waals surface area contributed by atoms with E-state index in [1.807, 2.05) is 36.4 Å². The van der Waals surface area contributed by atoms with Crippen LogP contribution in [0.2, 0.25) is 10.0 Å². The number of hydrogen-bond acceptors (Lipinski definition) is 11. The molecular formula is C31H33Cl2N7O6. The Morgan fingerprint density at radius 3 is 1.78 bits per heavy atom. The van der Waals surface area contributed by atoms with Crippen molar-refractivity contribution in [3.8, 4) is 45.4 Å². The molecule has 2 amide bonds. The van der Waals surface area contributed by atoms with Crippen molar-refractivity contribution < 1.29 is 28.5 Å². The van der Waals surface area contributed by atoms with E-state index in [9.17, 15) is 9.59 Å². The van der Waals surface area contributed by atoms with Crippen molar-refractivity contribution in [3.05, 3.63) is 70.2 Å². The van der Waals surface area contributed by atoms with Gasteiger partial charge in [-0.1, -0.05) is 59.6 Å². The Kier molecular flexibility index (Phi) is 12.3. The third kappa shape index (κ3) is 8.71. The zero-order valence-corrected chi connectivity index (χ0v) is 26.7. The lowest BCUT2D eigenvalue weighted by molar-refractivity contribution is 0.154. The molecule has 4 rings (SSSR count).